The van der Waals surface area contributed by atoms with Crippen molar-refractivity contribution in [3.05, 3.63) is 11.6 Å². The number of hydrogen-bond acceptors (Lipinski definition) is 3. The molecule has 3 N–H and O–H groups in total. The number of carbonyl (C=O) groups is 2. The van der Waals surface area contributed by atoms with Gasteiger partial charge in [0, 0.05) is 12.1 Å². The highest BCUT2D eigenvalue weighted by Gasteiger charge is 2.15. The van der Waals surface area contributed by atoms with Gasteiger partial charge in [0.1, 0.15) is 5.60 Å². The standard InChI is InChI=1S/C11H20N2O3/c1-8(9(12)14)6-5-7-13-10(15)16-11(2,3)4/h6H,5,7H2,1-4H3,(H2,12,14)(H,13,15). The lowest BCUT2D eigenvalue weighted by atomic mass is 10.2. The summed E-state index contributed by atoms with van der Waals surface area (Å²) in [5.74, 6) is -0.447. The molecule has 0 unspecified atom stereocenters. The SMILES string of the molecule is CC(=CCCNC(=O)OC(C)(C)C)C(N)=O. The van der Waals surface area contributed by atoms with Gasteiger partial charge in [0.15, 0.2) is 0 Å². The summed E-state index contributed by atoms with van der Waals surface area (Å²) in [7, 11) is 0. The van der Waals surface area contributed by atoms with Crippen LogP contribution in [0.5, 0.6) is 0 Å². The van der Waals surface area contributed by atoms with E-state index >= 15 is 0 Å². The average Bonchev–Trinajstić information content (AvgIpc) is 2.08. The molecule has 0 spiro atoms. The van der Waals surface area contributed by atoms with Crippen LogP contribution in [0.1, 0.15) is 34.1 Å². The Hall–Kier alpha value is -1.52. The molecule has 0 atom stereocenters. The molecule has 92 valence electrons. The Bertz CT molecular complexity index is 290. The molecule has 0 radical (unpaired) electrons. The minimum absolute atomic E-state index is 0.416. The average molecular weight is 228 g/mol. The van der Waals surface area contributed by atoms with Crippen LogP contribution in [0.2, 0.25) is 0 Å². The second-order valence-electron chi connectivity index (χ2n) is 4.47. The highest BCUT2D eigenvalue weighted by molar-refractivity contribution is 5.91. The van der Waals surface area contributed by atoms with Crippen LogP contribution in [0, 0.1) is 0 Å². The van der Waals surface area contributed by atoms with Gasteiger partial charge in [-0.1, -0.05) is 6.08 Å². The molecule has 0 bridgehead atoms. The molecule has 16 heavy (non-hydrogen) atoms. The number of primary amides is 1. The topological polar surface area (TPSA) is 81.4 Å². The Morgan fingerprint density at radius 1 is 1.38 bits per heavy atom. The fourth-order valence-electron chi connectivity index (χ4n) is 0.878. The number of carbonyl (C=O) groups excluding carboxylic acids is 2. The normalized spacial score (nSPS) is 12.1. The van der Waals surface area contributed by atoms with Crippen LogP contribution >= 0.6 is 0 Å². The molecular weight excluding hydrogens is 208 g/mol. The van der Waals surface area contributed by atoms with E-state index in [2.05, 4.69) is 5.32 Å². The van der Waals surface area contributed by atoms with Gasteiger partial charge in [-0.25, -0.2) is 4.79 Å². The van der Waals surface area contributed by atoms with Gasteiger partial charge in [-0.15, -0.1) is 0 Å². The van der Waals surface area contributed by atoms with Crippen molar-refractivity contribution >= 4 is 12.0 Å². The quantitative estimate of drug-likeness (QED) is 0.562. The summed E-state index contributed by atoms with van der Waals surface area (Å²) in [6, 6.07) is 0. The van der Waals surface area contributed by atoms with E-state index < -0.39 is 17.6 Å². The van der Waals surface area contributed by atoms with Crippen molar-refractivity contribution in [2.45, 2.75) is 39.7 Å². The first kappa shape index (κ1) is 14.5. The first-order chi connectivity index (χ1) is 7.22. The smallest absolute Gasteiger partial charge is 0.407 e. The van der Waals surface area contributed by atoms with E-state index in [0.717, 1.165) is 0 Å². The van der Waals surface area contributed by atoms with Gasteiger partial charge in [0.25, 0.3) is 0 Å². The third-order valence-corrected chi connectivity index (χ3v) is 1.65. The molecule has 0 aliphatic carbocycles. The summed E-state index contributed by atoms with van der Waals surface area (Å²) < 4.78 is 5.03. The summed E-state index contributed by atoms with van der Waals surface area (Å²) in [6.07, 6.45) is 1.77. The third kappa shape index (κ3) is 7.84. The maximum Gasteiger partial charge on any atom is 0.407 e. The van der Waals surface area contributed by atoms with E-state index in [1.165, 1.54) is 0 Å². The summed E-state index contributed by atoms with van der Waals surface area (Å²) in [4.78, 5) is 21.8. The third-order valence-electron chi connectivity index (χ3n) is 1.65. The van der Waals surface area contributed by atoms with Crippen LogP contribution in [0.15, 0.2) is 11.6 Å². The Morgan fingerprint density at radius 2 is 1.94 bits per heavy atom. The number of rotatable bonds is 4. The molecule has 0 aromatic carbocycles. The Balaban J connectivity index is 3.80. The van der Waals surface area contributed by atoms with Gasteiger partial charge < -0.3 is 15.8 Å². The van der Waals surface area contributed by atoms with Crippen molar-refractivity contribution in [3.8, 4) is 0 Å². The van der Waals surface area contributed by atoms with Crippen molar-refractivity contribution in [3.63, 3.8) is 0 Å². The highest BCUT2D eigenvalue weighted by atomic mass is 16.6. The molecule has 0 heterocycles. The van der Waals surface area contributed by atoms with E-state index in [-0.39, 0.29) is 0 Å². The zero-order valence-electron chi connectivity index (χ0n) is 10.3. The van der Waals surface area contributed by atoms with E-state index in [1.54, 1.807) is 33.8 Å². The van der Waals surface area contributed by atoms with Crippen molar-refractivity contribution in [2.75, 3.05) is 6.54 Å². The van der Waals surface area contributed by atoms with Gasteiger partial charge in [0.05, 0.1) is 0 Å². The molecule has 0 saturated carbocycles. The lowest BCUT2D eigenvalue weighted by Crippen LogP contribution is -2.32. The lowest BCUT2D eigenvalue weighted by molar-refractivity contribution is -0.114. The first-order valence-electron chi connectivity index (χ1n) is 5.16. The van der Waals surface area contributed by atoms with Crippen LogP contribution in [0.25, 0.3) is 0 Å². The van der Waals surface area contributed by atoms with Crippen molar-refractivity contribution in [1.82, 2.24) is 5.32 Å². The zero-order chi connectivity index (χ0) is 12.8. The number of alkyl carbamates (subject to hydrolysis) is 1. The minimum atomic E-state index is -0.497. The molecular formula is C11H20N2O3. The van der Waals surface area contributed by atoms with Crippen molar-refractivity contribution in [1.29, 1.82) is 0 Å². The number of hydrogen-bond donors (Lipinski definition) is 2. The lowest BCUT2D eigenvalue weighted by Gasteiger charge is -2.19. The zero-order valence-corrected chi connectivity index (χ0v) is 10.3. The van der Waals surface area contributed by atoms with Crippen molar-refractivity contribution < 1.29 is 14.3 Å². The van der Waals surface area contributed by atoms with Gasteiger partial charge in [0.2, 0.25) is 5.91 Å². The number of nitrogens with two attached hydrogens (primary N) is 1. The molecule has 0 fully saturated rings. The second kappa shape index (κ2) is 6.15. The Morgan fingerprint density at radius 3 is 2.38 bits per heavy atom. The van der Waals surface area contributed by atoms with E-state index in [0.29, 0.717) is 18.5 Å². The molecule has 0 aromatic rings. The van der Waals surface area contributed by atoms with Crippen LogP contribution in [-0.4, -0.2) is 24.1 Å². The summed E-state index contributed by atoms with van der Waals surface area (Å²) in [5, 5.41) is 2.58. The fourth-order valence-corrected chi connectivity index (χ4v) is 0.878. The molecule has 0 aromatic heterocycles. The van der Waals surface area contributed by atoms with Crippen LogP contribution < -0.4 is 11.1 Å². The first-order valence-corrected chi connectivity index (χ1v) is 5.16. The largest absolute Gasteiger partial charge is 0.444 e. The van der Waals surface area contributed by atoms with Crippen molar-refractivity contribution in [2.24, 2.45) is 5.73 Å². The molecule has 0 rings (SSSR count). The molecule has 0 saturated heterocycles. The van der Waals surface area contributed by atoms with E-state index in [9.17, 15) is 9.59 Å². The van der Waals surface area contributed by atoms with Gasteiger partial charge in [-0.05, 0) is 34.1 Å². The number of nitrogens with one attached hydrogen (secondary N) is 1. The fraction of sp³-hybridized carbons (Fsp3) is 0.636. The Labute approximate surface area is 96.0 Å². The summed E-state index contributed by atoms with van der Waals surface area (Å²) in [5.41, 5.74) is 5.04. The molecule has 0 aliphatic heterocycles. The predicted molar refractivity (Wildman–Crippen MR) is 61.8 cm³/mol. The number of amides is 2. The molecule has 0 aliphatic rings. The monoisotopic (exact) mass is 228 g/mol. The minimum Gasteiger partial charge on any atom is -0.444 e. The predicted octanol–water partition coefficient (Wildman–Crippen LogP) is 1.33. The summed E-state index contributed by atoms with van der Waals surface area (Å²) >= 11 is 0. The second-order valence-corrected chi connectivity index (χ2v) is 4.47. The number of ether oxygens (including phenoxy) is 1. The maximum absolute atomic E-state index is 11.2. The van der Waals surface area contributed by atoms with E-state index in [4.69, 9.17) is 10.5 Å². The van der Waals surface area contributed by atoms with E-state index in [1.807, 2.05) is 0 Å². The summed E-state index contributed by atoms with van der Waals surface area (Å²) in [6.45, 7) is 7.44. The molecule has 5 heteroatoms. The highest BCUT2D eigenvalue weighted by Crippen LogP contribution is 2.06. The van der Waals surface area contributed by atoms with Crippen LogP contribution in [0.3, 0.4) is 0 Å². The van der Waals surface area contributed by atoms with Gasteiger partial charge in [-0.2, -0.15) is 0 Å². The van der Waals surface area contributed by atoms with Gasteiger partial charge >= 0.3 is 6.09 Å². The van der Waals surface area contributed by atoms with Gasteiger partial charge in [-0.3, -0.25) is 4.79 Å². The van der Waals surface area contributed by atoms with Crippen LogP contribution in [0.4, 0.5) is 4.79 Å². The molecule has 5 nitrogen and oxygen atoms in total. The maximum atomic E-state index is 11.2. The van der Waals surface area contributed by atoms with Crippen LogP contribution in [-0.2, 0) is 9.53 Å². The Kier molecular flexibility index (Phi) is 5.56. The molecule has 2 amide bonds.